The fraction of sp³-hybridized carbons (Fsp3) is 0.259. The highest BCUT2D eigenvalue weighted by molar-refractivity contribution is 7.92. The molecular formula is C27H27F2N3O5S. The number of rotatable bonds is 6. The largest absolute Gasteiger partial charge is 0.496 e. The molecule has 0 atom stereocenters. The van der Waals surface area contributed by atoms with E-state index in [0.717, 1.165) is 16.9 Å². The lowest BCUT2D eigenvalue weighted by atomic mass is 9.81. The number of anilines is 1. The van der Waals surface area contributed by atoms with E-state index in [0.29, 0.717) is 27.6 Å². The third-order valence-corrected chi connectivity index (χ3v) is 6.65. The number of aromatic amines is 1. The average molecular weight is 544 g/mol. The minimum absolute atomic E-state index is 0.0743. The Labute approximate surface area is 218 Å². The number of nitrogens with one attached hydrogen (secondary N) is 2. The van der Waals surface area contributed by atoms with Gasteiger partial charge in [0.15, 0.2) is 0 Å². The summed E-state index contributed by atoms with van der Waals surface area (Å²) in [5, 5.41) is 1.36. The van der Waals surface area contributed by atoms with E-state index >= 15 is 0 Å². The summed E-state index contributed by atoms with van der Waals surface area (Å²) in [6.07, 6.45) is -0.785. The lowest BCUT2D eigenvalue weighted by molar-refractivity contribution is 0.151. The van der Waals surface area contributed by atoms with E-state index in [4.69, 9.17) is 4.74 Å². The van der Waals surface area contributed by atoms with Gasteiger partial charge in [-0.25, -0.2) is 22.0 Å². The van der Waals surface area contributed by atoms with E-state index in [1.54, 1.807) is 36.4 Å². The van der Waals surface area contributed by atoms with Gasteiger partial charge in [-0.15, -0.1) is 0 Å². The number of nitrogens with zero attached hydrogens (tertiary/aromatic N) is 1. The van der Waals surface area contributed by atoms with Crippen molar-refractivity contribution in [3.63, 3.8) is 0 Å². The molecule has 0 aliphatic rings. The molecule has 4 aromatic rings. The molecule has 4 rings (SSSR count). The van der Waals surface area contributed by atoms with Crippen LogP contribution in [0.25, 0.3) is 27.6 Å². The number of ether oxygens (including phenoxy) is 1. The van der Waals surface area contributed by atoms with Crippen molar-refractivity contribution < 1.29 is 21.9 Å². The minimum Gasteiger partial charge on any atom is -0.496 e. The Morgan fingerprint density at radius 3 is 2.24 bits per heavy atom. The van der Waals surface area contributed by atoms with E-state index in [1.807, 2.05) is 20.8 Å². The number of methoxy groups -OCH3 is 1. The van der Waals surface area contributed by atoms with Crippen LogP contribution in [0.5, 0.6) is 5.75 Å². The molecule has 0 radical (unpaired) electrons. The van der Waals surface area contributed by atoms with Crippen LogP contribution in [-0.2, 0) is 15.4 Å². The predicted molar refractivity (Wildman–Crippen MR) is 144 cm³/mol. The zero-order valence-electron chi connectivity index (χ0n) is 21.4. The minimum atomic E-state index is -3.48. The molecule has 1 heterocycles. The third-order valence-electron chi connectivity index (χ3n) is 6.04. The first-order valence-electron chi connectivity index (χ1n) is 11.6. The van der Waals surface area contributed by atoms with Gasteiger partial charge in [0, 0.05) is 29.1 Å². The molecule has 0 aliphatic carbocycles. The average Bonchev–Trinajstić information content (AvgIpc) is 2.80. The molecule has 200 valence electrons. The van der Waals surface area contributed by atoms with Crippen molar-refractivity contribution in [3.05, 3.63) is 86.7 Å². The van der Waals surface area contributed by atoms with E-state index in [2.05, 4.69) is 9.71 Å². The molecule has 0 aliphatic heterocycles. The van der Waals surface area contributed by atoms with E-state index in [9.17, 15) is 26.8 Å². The van der Waals surface area contributed by atoms with Crippen LogP contribution in [0.3, 0.4) is 0 Å². The topological polar surface area (TPSA) is 110 Å². The quantitative estimate of drug-likeness (QED) is 0.357. The first-order chi connectivity index (χ1) is 17.7. The first-order valence-corrected chi connectivity index (χ1v) is 13.5. The van der Waals surface area contributed by atoms with Gasteiger partial charge in [-0.2, -0.15) is 0 Å². The Morgan fingerprint density at radius 2 is 1.66 bits per heavy atom. The van der Waals surface area contributed by atoms with Crippen LogP contribution < -0.4 is 20.7 Å². The van der Waals surface area contributed by atoms with Crippen LogP contribution in [0.15, 0.2) is 64.3 Å². The van der Waals surface area contributed by atoms with Crippen molar-refractivity contribution in [2.45, 2.75) is 32.6 Å². The number of alkyl halides is 2. The molecule has 3 aromatic carbocycles. The van der Waals surface area contributed by atoms with Crippen LogP contribution >= 0.6 is 0 Å². The van der Waals surface area contributed by atoms with Crippen LogP contribution in [0.1, 0.15) is 38.3 Å². The molecule has 8 nitrogen and oxygen atoms in total. The zero-order chi connectivity index (χ0) is 28.0. The summed E-state index contributed by atoms with van der Waals surface area (Å²) in [5.74, 6) is 0.240. The molecule has 1 aromatic heterocycles. The van der Waals surface area contributed by atoms with Gasteiger partial charge in [-0.05, 0) is 46.0 Å². The molecule has 0 spiro atoms. The number of fused-ring (bicyclic) bond motifs is 1. The van der Waals surface area contributed by atoms with Crippen molar-refractivity contribution in [1.29, 1.82) is 0 Å². The number of H-pyrrole nitrogens is 1. The van der Waals surface area contributed by atoms with Crippen LogP contribution in [-0.4, -0.2) is 31.3 Å². The standard InChI is InChI=1S/C27H27F2N3O5S/c1-27(2,3)19-14-20(32-11-10-21(33)30-26(32)34)23(25(28)29)22(24(19)37-4)17-7-6-16-13-18(31-38(5,35)36)9-8-15(16)12-17/h6-14,25,31H,1-5H3,(H,30,33,34). The highest BCUT2D eigenvalue weighted by Gasteiger charge is 2.31. The van der Waals surface area contributed by atoms with Gasteiger partial charge in [0.1, 0.15) is 5.75 Å². The second kappa shape index (κ2) is 9.71. The Hall–Kier alpha value is -3.99. The van der Waals surface area contributed by atoms with E-state index < -0.39 is 38.7 Å². The Bertz CT molecular complexity index is 1770. The molecular weight excluding hydrogens is 516 g/mol. The Morgan fingerprint density at radius 1 is 1.00 bits per heavy atom. The molecule has 0 saturated carbocycles. The molecule has 38 heavy (non-hydrogen) atoms. The second-order valence-corrected chi connectivity index (χ2v) is 11.7. The lowest BCUT2D eigenvalue weighted by Crippen LogP contribution is -2.29. The maximum Gasteiger partial charge on any atom is 0.332 e. The van der Waals surface area contributed by atoms with Gasteiger partial charge in [0.2, 0.25) is 10.0 Å². The van der Waals surface area contributed by atoms with Gasteiger partial charge >= 0.3 is 5.69 Å². The van der Waals surface area contributed by atoms with Gasteiger partial charge in [0.25, 0.3) is 12.0 Å². The first kappa shape index (κ1) is 27.1. The fourth-order valence-corrected chi connectivity index (χ4v) is 4.98. The number of benzene rings is 3. The van der Waals surface area contributed by atoms with Crippen molar-refractivity contribution in [2.75, 3.05) is 18.1 Å². The normalized spacial score (nSPS) is 12.2. The van der Waals surface area contributed by atoms with Crippen molar-refractivity contribution >= 4 is 26.5 Å². The van der Waals surface area contributed by atoms with Crippen LogP contribution in [0.2, 0.25) is 0 Å². The monoisotopic (exact) mass is 543 g/mol. The Kier molecular flexibility index (Phi) is 6.92. The summed E-state index contributed by atoms with van der Waals surface area (Å²) in [5.41, 5.74) is -1.08. The highest BCUT2D eigenvalue weighted by atomic mass is 32.2. The summed E-state index contributed by atoms with van der Waals surface area (Å²) in [6.45, 7) is 5.69. The Balaban J connectivity index is 2.08. The molecule has 2 N–H and O–H groups in total. The summed E-state index contributed by atoms with van der Waals surface area (Å²) in [4.78, 5) is 26.4. The molecule has 0 saturated heterocycles. The number of hydrogen-bond donors (Lipinski definition) is 2. The number of hydrogen-bond acceptors (Lipinski definition) is 5. The SMILES string of the molecule is COc1c(C(C)(C)C)cc(-n2ccc(=O)[nH]c2=O)c(C(F)F)c1-c1ccc2cc(NS(C)(=O)=O)ccc2c1. The fourth-order valence-electron chi connectivity index (χ4n) is 4.43. The molecule has 0 amide bonds. The third kappa shape index (κ3) is 5.33. The van der Waals surface area contributed by atoms with Gasteiger partial charge in [-0.3, -0.25) is 19.1 Å². The van der Waals surface area contributed by atoms with Crippen LogP contribution in [0, 0.1) is 0 Å². The van der Waals surface area contributed by atoms with Gasteiger partial charge < -0.3 is 4.74 Å². The van der Waals surface area contributed by atoms with Gasteiger partial charge in [0.05, 0.1) is 24.6 Å². The van der Waals surface area contributed by atoms with Crippen molar-refractivity contribution in [2.24, 2.45) is 0 Å². The molecule has 0 fully saturated rings. The highest BCUT2D eigenvalue weighted by Crippen LogP contribution is 2.47. The van der Waals surface area contributed by atoms with Gasteiger partial charge in [-0.1, -0.05) is 39.0 Å². The number of sulfonamides is 1. The maximum atomic E-state index is 14.8. The maximum absolute atomic E-state index is 14.8. The number of aromatic nitrogens is 2. The summed E-state index contributed by atoms with van der Waals surface area (Å²) >= 11 is 0. The molecule has 0 bridgehead atoms. The van der Waals surface area contributed by atoms with E-state index in [-0.39, 0.29) is 17.0 Å². The van der Waals surface area contributed by atoms with Crippen LogP contribution in [0.4, 0.5) is 14.5 Å². The van der Waals surface area contributed by atoms with Crippen molar-refractivity contribution in [3.8, 4) is 22.6 Å². The smallest absolute Gasteiger partial charge is 0.332 e. The summed E-state index contributed by atoms with van der Waals surface area (Å²) in [7, 11) is -2.08. The summed E-state index contributed by atoms with van der Waals surface area (Å²) in [6, 6.07) is 12.5. The number of halogens is 2. The summed E-state index contributed by atoms with van der Waals surface area (Å²) < 4.78 is 62.0. The van der Waals surface area contributed by atoms with Crippen molar-refractivity contribution in [1.82, 2.24) is 9.55 Å². The molecule has 11 heteroatoms. The second-order valence-electron chi connectivity index (χ2n) is 9.95. The lowest BCUT2D eigenvalue weighted by Gasteiger charge is -2.28. The molecule has 0 unspecified atom stereocenters. The van der Waals surface area contributed by atoms with E-state index in [1.165, 1.54) is 19.4 Å². The predicted octanol–water partition coefficient (Wildman–Crippen LogP) is 4.96. The zero-order valence-corrected chi connectivity index (χ0v) is 22.2.